The van der Waals surface area contributed by atoms with Gasteiger partial charge in [-0.25, -0.2) is 9.37 Å². The third-order valence-corrected chi connectivity index (χ3v) is 6.64. The number of likely N-dealkylation sites (tertiary alicyclic amines) is 1. The molecule has 4 aromatic rings. The molecule has 6 heteroatoms. The lowest BCUT2D eigenvalue weighted by atomic mass is 9.89. The molecule has 1 aliphatic heterocycles. The van der Waals surface area contributed by atoms with E-state index in [2.05, 4.69) is 15.2 Å². The van der Waals surface area contributed by atoms with Gasteiger partial charge in [0.15, 0.2) is 0 Å². The molecular weight excluding hydrogens is 427 g/mol. The van der Waals surface area contributed by atoms with Crippen molar-refractivity contribution >= 4 is 16.8 Å². The Morgan fingerprint density at radius 3 is 2.56 bits per heavy atom. The fraction of sp³-hybridized carbons (Fsp3) is 0.250. The molecule has 1 amide bonds. The molecule has 1 unspecified atom stereocenters. The van der Waals surface area contributed by atoms with Crippen LogP contribution in [0.1, 0.15) is 28.0 Å². The van der Waals surface area contributed by atoms with E-state index in [0.29, 0.717) is 22.3 Å². The number of carbonyl (C=O) groups is 1. The van der Waals surface area contributed by atoms with Gasteiger partial charge in [-0.2, -0.15) is 0 Å². The Balaban J connectivity index is 1.71. The number of carbonyl (C=O) groups excluding carboxylic acids is 1. The Bertz CT molecular complexity index is 1390. The van der Waals surface area contributed by atoms with Crippen molar-refractivity contribution in [2.45, 2.75) is 26.3 Å². The van der Waals surface area contributed by atoms with E-state index in [9.17, 15) is 4.79 Å². The summed E-state index contributed by atoms with van der Waals surface area (Å²) < 4.78 is 15.0. The fourth-order valence-electron chi connectivity index (χ4n) is 5.04. The van der Waals surface area contributed by atoms with E-state index in [1.807, 2.05) is 45.2 Å². The number of amides is 1. The number of aromatic nitrogens is 2. The van der Waals surface area contributed by atoms with Gasteiger partial charge in [-0.15, -0.1) is 0 Å². The summed E-state index contributed by atoms with van der Waals surface area (Å²) in [5.74, 6) is -0.558. The zero-order valence-corrected chi connectivity index (χ0v) is 19.6. The number of hydrogen-bond acceptors (Lipinski definition) is 4. The van der Waals surface area contributed by atoms with Gasteiger partial charge in [0.05, 0.1) is 5.52 Å². The average Bonchev–Trinajstić information content (AvgIpc) is 3.23. The summed E-state index contributed by atoms with van der Waals surface area (Å²) in [6.45, 7) is 5.83. The monoisotopic (exact) mass is 454 g/mol. The van der Waals surface area contributed by atoms with Crippen LogP contribution in [0.5, 0.6) is 0 Å². The molecule has 0 radical (unpaired) electrons. The van der Waals surface area contributed by atoms with Crippen LogP contribution < -0.4 is 5.32 Å². The van der Waals surface area contributed by atoms with Gasteiger partial charge in [-0.1, -0.05) is 18.2 Å². The van der Waals surface area contributed by atoms with Crippen LogP contribution in [-0.4, -0.2) is 47.0 Å². The minimum atomic E-state index is -0.329. The molecular formula is C28H27FN4O. The number of fused-ring (bicyclic) bond motifs is 1. The number of hydrogen-bond donors (Lipinski definition) is 1. The van der Waals surface area contributed by atoms with Crippen molar-refractivity contribution in [3.8, 4) is 22.3 Å². The molecule has 5 nitrogen and oxygen atoms in total. The molecule has 5 rings (SSSR count). The number of nitrogens with zero attached hydrogens (tertiary/aromatic N) is 3. The van der Waals surface area contributed by atoms with Crippen molar-refractivity contribution in [1.82, 2.24) is 20.2 Å². The van der Waals surface area contributed by atoms with Crippen molar-refractivity contribution < 1.29 is 9.18 Å². The molecule has 2 aromatic carbocycles. The molecule has 34 heavy (non-hydrogen) atoms. The molecule has 3 heterocycles. The van der Waals surface area contributed by atoms with Gasteiger partial charge in [0.25, 0.3) is 5.91 Å². The Morgan fingerprint density at radius 2 is 1.85 bits per heavy atom. The second kappa shape index (κ2) is 8.95. The molecule has 0 aliphatic carbocycles. The number of benzene rings is 2. The second-order valence-electron chi connectivity index (χ2n) is 9.08. The first-order valence-corrected chi connectivity index (χ1v) is 11.5. The van der Waals surface area contributed by atoms with Crippen LogP contribution in [0.2, 0.25) is 0 Å². The van der Waals surface area contributed by atoms with Gasteiger partial charge in [0.1, 0.15) is 11.5 Å². The molecule has 1 atom stereocenters. The van der Waals surface area contributed by atoms with Crippen LogP contribution in [0.3, 0.4) is 0 Å². The van der Waals surface area contributed by atoms with Crippen molar-refractivity contribution in [2.24, 2.45) is 0 Å². The third-order valence-electron chi connectivity index (χ3n) is 6.64. The van der Waals surface area contributed by atoms with Gasteiger partial charge in [-0.3, -0.25) is 9.78 Å². The van der Waals surface area contributed by atoms with Gasteiger partial charge in [0.2, 0.25) is 0 Å². The van der Waals surface area contributed by atoms with Crippen LogP contribution in [0.15, 0.2) is 60.9 Å². The summed E-state index contributed by atoms with van der Waals surface area (Å²) in [7, 11) is 2.04. The summed E-state index contributed by atoms with van der Waals surface area (Å²) in [6.07, 6.45) is 4.44. The van der Waals surface area contributed by atoms with Crippen molar-refractivity contribution in [1.29, 1.82) is 0 Å². The highest BCUT2D eigenvalue weighted by atomic mass is 19.1. The molecule has 172 valence electrons. The van der Waals surface area contributed by atoms with Crippen LogP contribution in [-0.2, 0) is 0 Å². The summed E-state index contributed by atoms with van der Waals surface area (Å²) in [6, 6.07) is 14.4. The van der Waals surface area contributed by atoms with Crippen molar-refractivity contribution in [2.75, 3.05) is 20.1 Å². The molecule has 1 aliphatic rings. The number of nitrogens with one attached hydrogen (secondary N) is 1. The highest BCUT2D eigenvalue weighted by Gasteiger charge is 2.24. The molecule has 1 fully saturated rings. The Hall–Kier alpha value is -3.64. The van der Waals surface area contributed by atoms with Crippen LogP contribution in [0.4, 0.5) is 4.39 Å². The van der Waals surface area contributed by atoms with Crippen LogP contribution >= 0.6 is 0 Å². The first-order chi connectivity index (χ1) is 16.4. The fourth-order valence-corrected chi connectivity index (χ4v) is 5.04. The zero-order valence-electron chi connectivity index (χ0n) is 19.6. The maximum absolute atomic E-state index is 15.0. The first kappa shape index (κ1) is 22.2. The zero-order chi connectivity index (χ0) is 23.8. The predicted octanol–water partition coefficient (Wildman–Crippen LogP) is 5.15. The quantitative estimate of drug-likeness (QED) is 0.463. The largest absolute Gasteiger partial charge is 0.347 e. The third kappa shape index (κ3) is 4.05. The second-order valence-corrected chi connectivity index (χ2v) is 9.08. The normalized spacial score (nSPS) is 16.2. The standard InChI is InChI=1S/C28H27FN4O/c1-17-14-24-27(18(2)26(17)19-8-11-30-12-9-19)22(21-6-4-5-7-23(21)29)15-25(32-24)28(34)31-20-10-13-33(3)16-20/h4-9,11-12,14-15,20H,10,13,16H2,1-3H3,(H,31,34). The number of halogens is 1. The van der Waals surface area contributed by atoms with E-state index < -0.39 is 0 Å². The lowest BCUT2D eigenvalue weighted by Crippen LogP contribution is -2.36. The molecule has 1 saturated heterocycles. The maximum Gasteiger partial charge on any atom is 0.270 e. The van der Waals surface area contributed by atoms with Crippen molar-refractivity contribution in [3.05, 3.63) is 83.6 Å². The Kier molecular flexibility index (Phi) is 5.84. The van der Waals surface area contributed by atoms with E-state index >= 15 is 4.39 Å². The van der Waals surface area contributed by atoms with Gasteiger partial charge < -0.3 is 10.2 Å². The molecule has 0 spiro atoms. The molecule has 1 N–H and O–H groups in total. The van der Waals surface area contributed by atoms with Crippen LogP contribution in [0, 0.1) is 19.7 Å². The highest BCUT2D eigenvalue weighted by molar-refractivity contribution is 6.05. The predicted molar refractivity (Wildman–Crippen MR) is 133 cm³/mol. The van der Waals surface area contributed by atoms with E-state index in [1.54, 1.807) is 30.6 Å². The SMILES string of the molecule is Cc1cc2nc(C(=O)NC3CCN(C)C3)cc(-c3ccccc3F)c2c(C)c1-c1ccncc1. The lowest BCUT2D eigenvalue weighted by molar-refractivity contribution is 0.0933. The minimum absolute atomic E-state index is 0.0875. The first-order valence-electron chi connectivity index (χ1n) is 11.5. The Morgan fingerprint density at radius 1 is 1.09 bits per heavy atom. The molecule has 0 saturated carbocycles. The topological polar surface area (TPSA) is 58.1 Å². The smallest absolute Gasteiger partial charge is 0.270 e. The summed E-state index contributed by atoms with van der Waals surface area (Å²) >= 11 is 0. The maximum atomic E-state index is 15.0. The van der Waals surface area contributed by atoms with E-state index in [-0.39, 0.29) is 17.8 Å². The molecule has 0 bridgehead atoms. The number of rotatable bonds is 4. The highest BCUT2D eigenvalue weighted by Crippen LogP contribution is 2.38. The summed E-state index contributed by atoms with van der Waals surface area (Å²) in [5.41, 5.74) is 6.26. The average molecular weight is 455 g/mol. The van der Waals surface area contributed by atoms with Gasteiger partial charge in [0, 0.05) is 35.9 Å². The lowest BCUT2D eigenvalue weighted by Gasteiger charge is -2.18. The number of pyridine rings is 2. The van der Waals surface area contributed by atoms with Gasteiger partial charge in [-0.05, 0) is 92.0 Å². The van der Waals surface area contributed by atoms with E-state index in [4.69, 9.17) is 4.98 Å². The van der Waals surface area contributed by atoms with Gasteiger partial charge >= 0.3 is 0 Å². The summed E-state index contributed by atoms with van der Waals surface area (Å²) in [4.78, 5) is 24.3. The Labute approximate surface area is 198 Å². The van der Waals surface area contributed by atoms with Crippen molar-refractivity contribution in [3.63, 3.8) is 0 Å². The summed E-state index contributed by atoms with van der Waals surface area (Å²) in [5, 5.41) is 3.95. The van der Waals surface area contributed by atoms with E-state index in [0.717, 1.165) is 47.2 Å². The number of likely N-dealkylation sites (N-methyl/N-ethyl adjacent to an activating group) is 1. The number of aryl methyl sites for hydroxylation is 2. The van der Waals surface area contributed by atoms with E-state index in [1.165, 1.54) is 6.07 Å². The molecule has 2 aromatic heterocycles. The van der Waals surface area contributed by atoms with Crippen LogP contribution in [0.25, 0.3) is 33.2 Å². The minimum Gasteiger partial charge on any atom is -0.347 e.